The van der Waals surface area contributed by atoms with Crippen LogP contribution in [0.1, 0.15) is 121 Å². The lowest BCUT2D eigenvalue weighted by Gasteiger charge is -2.39. The number of amides is 2. The van der Waals surface area contributed by atoms with E-state index in [1.165, 1.54) is 0 Å². The lowest BCUT2D eigenvalue weighted by Crippen LogP contribution is -2.48. The van der Waals surface area contributed by atoms with Crippen LogP contribution in [0.25, 0.3) is 0 Å². The van der Waals surface area contributed by atoms with Crippen LogP contribution in [-0.4, -0.2) is 52.8 Å². The molecule has 43 heavy (non-hydrogen) atoms. The van der Waals surface area contributed by atoms with Gasteiger partial charge in [-0.3, -0.25) is 4.79 Å². The number of nitrogens with one attached hydrogen (secondary N) is 1. The van der Waals surface area contributed by atoms with E-state index >= 15 is 0 Å². The van der Waals surface area contributed by atoms with Crippen molar-refractivity contribution in [3.05, 3.63) is 15.8 Å². The molecule has 2 N–H and O–H groups in total. The summed E-state index contributed by atoms with van der Waals surface area (Å²) in [6, 6.07) is 0.651. The largest absolute Gasteiger partial charge is 0.477 e. The van der Waals surface area contributed by atoms with E-state index in [-0.39, 0.29) is 34.3 Å². The first-order valence-electron chi connectivity index (χ1n) is 15.4. The molecule has 2 aliphatic carbocycles. The third-order valence-corrected chi connectivity index (χ3v) is 8.74. The molecule has 0 saturated heterocycles. The van der Waals surface area contributed by atoms with E-state index in [0.717, 1.165) is 37.0 Å². The Morgan fingerprint density at radius 1 is 1.00 bits per heavy atom. The molecule has 0 radical (unpaired) electrons. The Labute approximate surface area is 260 Å². The number of thiophene rings is 1. The SMILES string of the molecule is CC(NC(=O)OC(C)(C)C)C(=O)O[C@H]1CC[C@H](N(c2cc(C#CC(C)(C)C)sc2C(=O)O)C(=O)[C@H]2CC[C@H](C)CC2)CC1. The zero-order valence-electron chi connectivity index (χ0n) is 26.9. The van der Waals surface area contributed by atoms with Gasteiger partial charge < -0.3 is 24.8 Å². The fraction of sp³-hybridized carbons (Fsp3) is 0.697. The van der Waals surface area contributed by atoms with Crippen LogP contribution >= 0.6 is 11.3 Å². The lowest BCUT2D eigenvalue weighted by molar-refractivity contribution is -0.152. The van der Waals surface area contributed by atoms with Gasteiger partial charge in [0.15, 0.2) is 0 Å². The molecule has 0 aromatic carbocycles. The number of rotatable bonds is 7. The summed E-state index contributed by atoms with van der Waals surface area (Å²) in [6.07, 6.45) is 4.61. The summed E-state index contributed by atoms with van der Waals surface area (Å²) in [5.74, 6) is 5.05. The number of hydrogen-bond donors (Lipinski definition) is 2. The predicted octanol–water partition coefficient (Wildman–Crippen LogP) is 6.77. The van der Waals surface area contributed by atoms with Crippen molar-refractivity contribution in [3.63, 3.8) is 0 Å². The van der Waals surface area contributed by atoms with E-state index in [1.54, 1.807) is 38.7 Å². The number of carbonyl (C=O) groups is 4. The average molecular weight is 617 g/mol. The van der Waals surface area contributed by atoms with Crippen molar-refractivity contribution in [2.24, 2.45) is 17.3 Å². The first-order valence-corrected chi connectivity index (χ1v) is 16.2. The normalized spacial score (nSPS) is 23.3. The molecular weight excluding hydrogens is 568 g/mol. The van der Waals surface area contributed by atoms with Crippen molar-refractivity contribution >= 4 is 41.0 Å². The molecular formula is C33H48N2O7S. The van der Waals surface area contributed by atoms with Crippen LogP contribution in [0.3, 0.4) is 0 Å². The molecule has 0 aliphatic heterocycles. The molecule has 238 valence electrons. The monoisotopic (exact) mass is 616 g/mol. The molecule has 10 heteroatoms. The smallest absolute Gasteiger partial charge is 0.408 e. The van der Waals surface area contributed by atoms with Crippen LogP contribution in [-0.2, 0) is 19.1 Å². The second kappa shape index (κ2) is 14.1. The zero-order valence-corrected chi connectivity index (χ0v) is 27.7. The standard InChI is InChI=1S/C33H48N2O7S/c1-20-9-11-22(12-10-20)28(36)35(26-19-25(17-18-32(3,4)5)43-27(26)29(37)38)23-13-15-24(16-14-23)41-30(39)21(2)34-31(40)42-33(6,7)8/h19-24H,9-16H2,1-8H3,(H,34,40)(H,37,38)/t20-,21?,22-,23-,24-. The molecule has 1 atom stereocenters. The van der Waals surface area contributed by atoms with Crippen molar-refractivity contribution in [2.75, 3.05) is 4.90 Å². The number of carboxylic acid groups (broad SMARTS) is 1. The fourth-order valence-electron chi connectivity index (χ4n) is 5.45. The van der Waals surface area contributed by atoms with Crippen LogP contribution in [0.15, 0.2) is 6.07 Å². The molecule has 2 aliphatic rings. The summed E-state index contributed by atoms with van der Waals surface area (Å²) >= 11 is 1.10. The first kappa shape index (κ1) is 34.4. The van der Waals surface area contributed by atoms with Crippen molar-refractivity contribution in [3.8, 4) is 11.8 Å². The van der Waals surface area contributed by atoms with Gasteiger partial charge >= 0.3 is 18.0 Å². The third kappa shape index (κ3) is 10.3. The molecule has 1 aromatic rings. The average Bonchev–Trinajstić information content (AvgIpc) is 3.31. The van der Waals surface area contributed by atoms with Gasteiger partial charge in [-0.1, -0.05) is 18.8 Å². The molecule has 1 unspecified atom stereocenters. The molecule has 0 bridgehead atoms. The summed E-state index contributed by atoms with van der Waals surface area (Å²) < 4.78 is 10.9. The van der Waals surface area contributed by atoms with E-state index in [9.17, 15) is 24.3 Å². The Bertz CT molecular complexity index is 1230. The molecule has 2 saturated carbocycles. The number of hydrogen-bond acceptors (Lipinski definition) is 7. The lowest BCUT2D eigenvalue weighted by atomic mass is 9.81. The summed E-state index contributed by atoms with van der Waals surface area (Å²) in [7, 11) is 0. The molecule has 0 spiro atoms. The highest BCUT2D eigenvalue weighted by Crippen LogP contribution is 2.39. The molecule has 1 aromatic heterocycles. The van der Waals surface area contributed by atoms with E-state index < -0.39 is 29.7 Å². The Balaban J connectivity index is 1.78. The van der Waals surface area contributed by atoms with Crippen molar-refractivity contribution < 1.29 is 33.8 Å². The van der Waals surface area contributed by atoms with Crippen LogP contribution in [0.5, 0.6) is 0 Å². The summed E-state index contributed by atoms with van der Waals surface area (Å²) in [4.78, 5) is 53.7. The maximum absolute atomic E-state index is 14.1. The number of anilines is 1. The molecule has 9 nitrogen and oxygen atoms in total. The van der Waals surface area contributed by atoms with Crippen molar-refractivity contribution in [2.45, 2.75) is 131 Å². The van der Waals surface area contributed by atoms with E-state index in [1.807, 2.05) is 20.8 Å². The van der Waals surface area contributed by atoms with Gasteiger partial charge in [0.2, 0.25) is 5.91 Å². The van der Waals surface area contributed by atoms with Crippen molar-refractivity contribution in [1.29, 1.82) is 0 Å². The van der Waals surface area contributed by atoms with Gasteiger partial charge in [-0.2, -0.15) is 0 Å². The predicted molar refractivity (Wildman–Crippen MR) is 167 cm³/mol. The zero-order chi connectivity index (χ0) is 32.1. The fourth-order valence-corrected chi connectivity index (χ4v) is 6.30. The van der Waals surface area contributed by atoms with E-state index in [0.29, 0.717) is 42.2 Å². The minimum Gasteiger partial charge on any atom is -0.477 e. The van der Waals surface area contributed by atoms with Gasteiger partial charge in [-0.15, -0.1) is 11.3 Å². The van der Waals surface area contributed by atoms with E-state index in [2.05, 4.69) is 24.1 Å². The van der Waals surface area contributed by atoms with Gasteiger partial charge in [0.1, 0.15) is 22.6 Å². The Morgan fingerprint density at radius 3 is 2.14 bits per heavy atom. The highest BCUT2D eigenvalue weighted by molar-refractivity contribution is 7.15. The number of alkyl carbamates (subject to hydrolysis) is 1. The van der Waals surface area contributed by atoms with Crippen LogP contribution in [0.2, 0.25) is 0 Å². The number of carboxylic acids is 1. The van der Waals surface area contributed by atoms with Crippen molar-refractivity contribution in [1.82, 2.24) is 5.32 Å². The Hall–Kier alpha value is -3.06. The minimum absolute atomic E-state index is 0.0295. The summed E-state index contributed by atoms with van der Waals surface area (Å²) in [6.45, 7) is 15.0. The second-order valence-corrected chi connectivity index (χ2v) is 15.1. The third-order valence-electron chi connectivity index (χ3n) is 7.71. The molecule has 2 amide bonds. The number of ether oxygens (including phenoxy) is 2. The molecule has 3 rings (SSSR count). The second-order valence-electron chi connectivity index (χ2n) is 14.0. The van der Waals surface area contributed by atoms with Gasteiger partial charge in [0.25, 0.3) is 0 Å². The summed E-state index contributed by atoms with van der Waals surface area (Å²) in [5, 5.41) is 12.6. The van der Waals surface area contributed by atoms with Gasteiger partial charge in [0.05, 0.1) is 10.6 Å². The molecule has 2 fully saturated rings. The van der Waals surface area contributed by atoms with Crippen LogP contribution < -0.4 is 10.2 Å². The summed E-state index contributed by atoms with van der Waals surface area (Å²) in [5.41, 5.74) is -0.527. The first-order chi connectivity index (χ1) is 19.9. The highest BCUT2D eigenvalue weighted by atomic mass is 32.1. The van der Waals surface area contributed by atoms with E-state index in [4.69, 9.17) is 9.47 Å². The maximum Gasteiger partial charge on any atom is 0.408 e. The topological polar surface area (TPSA) is 122 Å². The molecule has 1 heterocycles. The van der Waals surface area contributed by atoms with Gasteiger partial charge in [-0.05, 0) is 112 Å². The number of aromatic carboxylic acids is 1. The quantitative estimate of drug-likeness (QED) is 0.256. The highest BCUT2D eigenvalue weighted by Gasteiger charge is 2.38. The number of esters is 1. The Morgan fingerprint density at radius 2 is 1.60 bits per heavy atom. The maximum atomic E-state index is 14.1. The number of nitrogens with zero attached hydrogens (tertiary/aromatic N) is 1. The van der Waals surface area contributed by atoms with Gasteiger partial charge in [-0.25, -0.2) is 14.4 Å². The number of carbonyl (C=O) groups excluding carboxylic acids is 3. The van der Waals surface area contributed by atoms with Crippen LogP contribution in [0.4, 0.5) is 10.5 Å². The van der Waals surface area contributed by atoms with Crippen LogP contribution in [0, 0.1) is 29.1 Å². The minimum atomic E-state index is -1.08. The van der Waals surface area contributed by atoms with Gasteiger partial charge in [0, 0.05) is 17.4 Å². The Kier molecular flexibility index (Phi) is 11.3.